The summed E-state index contributed by atoms with van der Waals surface area (Å²) in [5.74, 6) is 1.07. The molecule has 2 rings (SSSR count). The molecule has 0 aliphatic carbocycles. The Bertz CT molecular complexity index is 474. The third kappa shape index (κ3) is 3.44. The molecule has 0 aliphatic rings. The molecule has 2 aromatic rings. The number of H-pyrrole nitrogens is 1. The summed E-state index contributed by atoms with van der Waals surface area (Å²) in [6.45, 7) is 6.32. The molecule has 1 aromatic heterocycles. The molecule has 0 aliphatic heterocycles. The first-order chi connectivity index (χ1) is 8.77. The van der Waals surface area contributed by atoms with Crippen molar-refractivity contribution in [1.29, 1.82) is 0 Å². The van der Waals surface area contributed by atoms with E-state index in [1.165, 1.54) is 16.7 Å². The largest absolute Gasteiger partial charge is 0.349 e. The van der Waals surface area contributed by atoms with Gasteiger partial charge in [0.2, 0.25) is 0 Å². The van der Waals surface area contributed by atoms with Crippen molar-refractivity contribution in [1.82, 2.24) is 15.3 Å². The third-order valence-electron chi connectivity index (χ3n) is 3.35. The molecule has 0 amide bonds. The minimum Gasteiger partial charge on any atom is -0.349 e. The molecule has 0 atom stereocenters. The van der Waals surface area contributed by atoms with Gasteiger partial charge in [0.25, 0.3) is 0 Å². The minimum absolute atomic E-state index is 0.950. The standard InChI is InChI=1S/C15H21N3/c1-12-5-3-6-14(13(12)2)11-16-8-4-7-15-17-9-10-18-15/h3,5-6,9-10,16H,4,7-8,11H2,1-2H3,(H,17,18). The number of nitrogens with zero attached hydrogens (tertiary/aromatic N) is 1. The van der Waals surface area contributed by atoms with Crippen LogP contribution >= 0.6 is 0 Å². The summed E-state index contributed by atoms with van der Waals surface area (Å²) in [6.07, 6.45) is 5.79. The van der Waals surface area contributed by atoms with Crippen LogP contribution in [0.4, 0.5) is 0 Å². The van der Waals surface area contributed by atoms with Crippen LogP contribution in [0.15, 0.2) is 30.6 Å². The molecule has 0 radical (unpaired) electrons. The van der Waals surface area contributed by atoms with Crippen LogP contribution in [-0.4, -0.2) is 16.5 Å². The third-order valence-corrected chi connectivity index (χ3v) is 3.35. The number of benzene rings is 1. The molecule has 18 heavy (non-hydrogen) atoms. The van der Waals surface area contributed by atoms with Gasteiger partial charge in [-0.1, -0.05) is 18.2 Å². The monoisotopic (exact) mass is 243 g/mol. The van der Waals surface area contributed by atoms with Crippen molar-refractivity contribution in [3.63, 3.8) is 0 Å². The van der Waals surface area contributed by atoms with E-state index in [2.05, 4.69) is 47.3 Å². The molecule has 3 nitrogen and oxygen atoms in total. The molecule has 0 fully saturated rings. The Kier molecular flexibility index (Phi) is 4.53. The van der Waals surface area contributed by atoms with Gasteiger partial charge in [0.15, 0.2) is 0 Å². The lowest BCUT2D eigenvalue weighted by molar-refractivity contribution is 0.639. The summed E-state index contributed by atoms with van der Waals surface area (Å²) in [6, 6.07) is 6.49. The first-order valence-corrected chi connectivity index (χ1v) is 6.51. The van der Waals surface area contributed by atoms with Crippen LogP contribution in [0.2, 0.25) is 0 Å². The van der Waals surface area contributed by atoms with Gasteiger partial charge in [0.05, 0.1) is 0 Å². The van der Waals surface area contributed by atoms with Crippen LogP contribution in [-0.2, 0) is 13.0 Å². The Hall–Kier alpha value is -1.61. The normalized spacial score (nSPS) is 10.8. The highest BCUT2D eigenvalue weighted by Crippen LogP contribution is 2.12. The molecule has 0 saturated heterocycles. The fraction of sp³-hybridized carbons (Fsp3) is 0.400. The summed E-state index contributed by atoms with van der Waals surface area (Å²) < 4.78 is 0. The molecule has 0 saturated carbocycles. The predicted molar refractivity (Wildman–Crippen MR) is 74.5 cm³/mol. The van der Waals surface area contributed by atoms with Crippen LogP contribution < -0.4 is 5.32 Å². The fourth-order valence-electron chi connectivity index (χ4n) is 2.04. The van der Waals surface area contributed by atoms with Gasteiger partial charge < -0.3 is 10.3 Å². The Morgan fingerprint density at radius 3 is 2.94 bits per heavy atom. The average Bonchev–Trinajstić information content (AvgIpc) is 2.87. The number of hydrogen-bond donors (Lipinski definition) is 2. The van der Waals surface area contributed by atoms with E-state index in [1.54, 1.807) is 6.20 Å². The van der Waals surface area contributed by atoms with Crippen LogP contribution in [0.1, 0.15) is 28.9 Å². The average molecular weight is 243 g/mol. The van der Waals surface area contributed by atoms with Gasteiger partial charge in [-0.2, -0.15) is 0 Å². The van der Waals surface area contributed by atoms with Crippen molar-refractivity contribution >= 4 is 0 Å². The number of aryl methyl sites for hydroxylation is 2. The molecule has 0 unspecified atom stereocenters. The SMILES string of the molecule is Cc1cccc(CNCCCc2ncc[nH]2)c1C. The molecule has 2 N–H and O–H groups in total. The fourth-order valence-corrected chi connectivity index (χ4v) is 2.04. The van der Waals surface area contributed by atoms with Gasteiger partial charge in [-0.25, -0.2) is 4.98 Å². The first kappa shape index (κ1) is 12.8. The van der Waals surface area contributed by atoms with E-state index in [0.29, 0.717) is 0 Å². The number of nitrogens with one attached hydrogen (secondary N) is 2. The summed E-state index contributed by atoms with van der Waals surface area (Å²) in [4.78, 5) is 7.34. The van der Waals surface area contributed by atoms with Crippen molar-refractivity contribution in [2.24, 2.45) is 0 Å². The van der Waals surface area contributed by atoms with Gasteiger partial charge in [0.1, 0.15) is 5.82 Å². The van der Waals surface area contributed by atoms with E-state index in [1.807, 2.05) is 6.20 Å². The molecule has 1 aromatic carbocycles. The maximum absolute atomic E-state index is 4.21. The number of aromatic amines is 1. The maximum atomic E-state index is 4.21. The van der Waals surface area contributed by atoms with Crippen LogP contribution in [0.25, 0.3) is 0 Å². The van der Waals surface area contributed by atoms with Gasteiger partial charge in [-0.05, 0) is 43.5 Å². The second-order valence-corrected chi connectivity index (χ2v) is 4.68. The van der Waals surface area contributed by atoms with Crippen LogP contribution in [0.5, 0.6) is 0 Å². The molecular formula is C15H21N3. The maximum Gasteiger partial charge on any atom is 0.106 e. The van der Waals surface area contributed by atoms with E-state index >= 15 is 0 Å². The highest BCUT2D eigenvalue weighted by atomic mass is 14.9. The van der Waals surface area contributed by atoms with Crippen molar-refractivity contribution in [3.05, 3.63) is 53.1 Å². The predicted octanol–water partition coefficient (Wildman–Crippen LogP) is 2.75. The van der Waals surface area contributed by atoms with E-state index in [9.17, 15) is 0 Å². The minimum atomic E-state index is 0.950. The number of imidazole rings is 1. The van der Waals surface area contributed by atoms with Crippen molar-refractivity contribution in [2.75, 3.05) is 6.54 Å². The van der Waals surface area contributed by atoms with Gasteiger partial charge in [0, 0.05) is 25.4 Å². The van der Waals surface area contributed by atoms with Gasteiger partial charge in [-0.3, -0.25) is 0 Å². The van der Waals surface area contributed by atoms with E-state index in [-0.39, 0.29) is 0 Å². The number of rotatable bonds is 6. The summed E-state index contributed by atoms with van der Waals surface area (Å²) in [5, 5.41) is 3.49. The molecule has 96 valence electrons. The Morgan fingerprint density at radius 1 is 1.28 bits per heavy atom. The van der Waals surface area contributed by atoms with Crippen LogP contribution in [0.3, 0.4) is 0 Å². The van der Waals surface area contributed by atoms with Crippen LogP contribution in [0, 0.1) is 13.8 Å². The lowest BCUT2D eigenvalue weighted by Crippen LogP contribution is -2.16. The van der Waals surface area contributed by atoms with Crippen molar-refractivity contribution in [3.8, 4) is 0 Å². The van der Waals surface area contributed by atoms with Gasteiger partial charge in [-0.15, -0.1) is 0 Å². The molecule has 3 heteroatoms. The lowest BCUT2D eigenvalue weighted by Gasteiger charge is -2.09. The second kappa shape index (κ2) is 6.36. The first-order valence-electron chi connectivity index (χ1n) is 6.51. The lowest BCUT2D eigenvalue weighted by atomic mass is 10.0. The zero-order valence-electron chi connectivity index (χ0n) is 11.2. The quantitative estimate of drug-likeness (QED) is 0.766. The molecular weight excluding hydrogens is 222 g/mol. The zero-order chi connectivity index (χ0) is 12.8. The smallest absolute Gasteiger partial charge is 0.106 e. The molecule has 0 bridgehead atoms. The zero-order valence-corrected chi connectivity index (χ0v) is 11.2. The number of aromatic nitrogens is 2. The Labute approximate surface area is 109 Å². The summed E-state index contributed by atoms with van der Waals surface area (Å²) in [7, 11) is 0. The topological polar surface area (TPSA) is 40.7 Å². The Morgan fingerprint density at radius 2 is 2.17 bits per heavy atom. The summed E-state index contributed by atoms with van der Waals surface area (Å²) in [5.41, 5.74) is 4.16. The molecule has 0 spiro atoms. The van der Waals surface area contributed by atoms with Gasteiger partial charge >= 0.3 is 0 Å². The highest BCUT2D eigenvalue weighted by molar-refractivity contribution is 5.32. The highest BCUT2D eigenvalue weighted by Gasteiger charge is 2.00. The summed E-state index contributed by atoms with van der Waals surface area (Å²) >= 11 is 0. The Balaban J connectivity index is 1.70. The van der Waals surface area contributed by atoms with E-state index in [4.69, 9.17) is 0 Å². The second-order valence-electron chi connectivity index (χ2n) is 4.68. The van der Waals surface area contributed by atoms with Crippen molar-refractivity contribution in [2.45, 2.75) is 33.2 Å². The van der Waals surface area contributed by atoms with Crippen molar-refractivity contribution < 1.29 is 0 Å². The van der Waals surface area contributed by atoms with E-state index < -0.39 is 0 Å². The van der Waals surface area contributed by atoms with E-state index in [0.717, 1.165) is 31.8 Å². The molecule has 1 heterocycles. The number of hydrogen-bond acceptors (Lipinski definition) is 2.